The van der Waals surface area contributed by atoms with E-state index in [2.05, 4.69) is 10.1 Å². The van der Waals surface area contributed by atoms with Gasteiger partial charge < -0.3 is 10.2 Å². The molecule has 0 bridgehead atoms. The lowest BCUT2D eigenvalue weighted by atomic mass is 10.0. The Labute approximate surface area is 195 Å². The quantitative estimate of drug-likeness (QED) is 0.390. The average molecular weight is 465 g/mol. The van der Waals surface area contributed by atoms with Crippen molar-refractivity contribution in [2.45, 2.75) is 32.4 Å². The van der Waals surface area contributed by atoms with Crippen LogP contribution in [0.2, 0.25) is 0 Å². The van der Waals surface area contributed by atoms with E-state index in [9.17, 15) is 10.2 Å². The van der Waals surface area contributed by atoms with Gasteiger partial charge in [0.2, 0.25) is 0 Å². The van der Waals surface area contributed by atoms with Crippen molar-refractivity contribution in [1.29, 1.82) is 5.26 Å². The summed E-state index contributed by atoms with van der Waals surface area (Å²) in [6, 6.07) is 15.1. The Kier molecular flexibility index (Phi) is 5.78. The number of aliphatic hydroxyl groups is 1. The molecular formula is C24H21ClN4O2S. The maximum absolute atomic E-state index is 10.1. The van der Waals surface area contributed by atoms with Crippen LogP contribution in [-0.2, 0) is 11.6 Å². The molecule has 6 nitrogen and oxygen atoms in total. The maximum atomic E-state index is 10.1. The summed E-state index contributed by atoms with van der Waals surface area (Å²) in [4.78, 5) is 4.43. The molecule has 0 aliphatic rings. The van der Waals surface area contributed by atoms with Gasteiger partial charge in [-0.1, -0.05) is 41.9 Å². The Morgan fingerprint density at radius 3 is 2.44 bits per heavy atom. The minimum Gasteiger partial charge on any atom is -0.507 e. The number of aromatic hydroxyl groups is 1. The zero-order valence-corrected chi connectivity index (χ0v) is 19.4. The normalized spacial score (nSPS) is 13.0. The second kappa shape index (κ2) is 8.40. The van der Waals surface area contributed by atoms with Gasteiger partial charge in [-0.3, -0.25) is 4.68 Å². The smallest absolute Gasteiger partial charge is 0.179 e. The first-order valence-corrected chi connectivity index (χ1v) is 11.2. The van der Waals surface area contributed by atoms with E-state index in [1.54, 1.807) is 17.5 Å². The van der Waals surface area contributed by atoms with Gasteiger partial charge in [-0.2, -0.15) is 10.4 Å². The van der Waals surface area contributed by atoms with Gasteiger partial charge in [0.25, 0.3) is 0 Å². The number of benzene rings is 2. The topological polar surface area (TPSA) is 95.0 Å². The van der Waals surface area contributed by atoms with E-state index in [1.165, 1.54) is 18.3 Å². The molecule has 0 spiro atoms. The highest BCUT2D eigenvalue weighted by Crippen LogP contribution is 2.33. The van der Waals surface area contributed by atoms with Crippen LogP contribution in [0.4, 0.5) is 0 Å². The van der Waals surface area contributed by atoms with Crippen molar-refractivity contribution in [3.63, 3.8) is 0 Å². The molecule has 0 saturated heterocycles. The van der Waals surface area contributed by atoms with Gasteiger partial charge in [-0.15, -0.1) is 11.3 Å². The van der Waals surface area contributed by atoms with Gasteiger partial charge in [0.15, 0.2) is 5.06 Å². The molecule has 2 N–H and O–H groups in total. The van der Waals surface area contributed by atoms with Gasteiger partial charge in [0.05, 0.1) is 23.5 Å². The number of hydrogen-bond donors (Lipinski definition) is 2. The van der Waals surface area contributed by atoms with Crippen molar-refractivity contribution in [1.82, 2.24) is 14.8 Å². The molecule has 0 aliphatic carbocycles. The lowest BCUT2D eigenvalue weighted by Gasteiger charge is -2.10. The van der Waals surface area contributed by atoms with Crippen LogP contribution in [0.25, 0.3) is 21.7 Å². The van der Waals surface area contributed by atoms with E-state index in [1.807, 2.05) is 54.9 Å². The molecule has 0 aliphatic heterocycles. The highest BCUT2D eigenvalue weighted by atomic mass is 35.5. The molecule has 162 valence electrons. The number of nitriles is 1. The predicted octanol–water partition coefficient (Wildman–Crippen LogP) is 5.32. The molecule has 8 heteroatoms. The summed E-state index contributed by atoms with van der Waals surface area (Å²) in [5.74, 6) is -0.0341. The third-order valence-corrected chi connectivity index (χ3v) is 6.38. The van der Waals surface area contributed by atoms with Crippen molar-refractivity contribution >= 4 is 22.9 Å². The number of rotatable bonds is 5. The first-order valence-electron chi connectivity index (χ1n) is 9.91. The number of thiazole rings is 1. The SMILES string of the molecule is Cc1nn(Cc2ccc(-c3nc(C(C)(O)Cl)cs3)cc2)c(C)c1-c1ccc(C#N)c(O)c1. The molecule has 4 rings (SSSR count). The minimum atomic E-state index is -1.48. The summed E-state index contributed by atoms with van der Waals surface area (Å²) in [7, 11) is 0. The van der Waals surface area contributed by atoms with Crippen LogP contribution in [0.1, 0.15) is 35.1 Å². The van der Waals surface area contributed by atoms with Crippen LogP contribution in [0.3, 0.4) is 0 Å². The molecule has 0 radical (unpaired) electrons. The van der Waals surface area contributed by atoms with Crippen molar-refractivity contribution < 1.29 is 10.2 Å². The Bertz CT molecular complexity index is 1330. The van der Waals surface area contributed by atoms with Gasteiger partial charge in [0, 0.05) is 22.2 Å². The number of halogens is 1. The summed E-state index contributed by atoms with van der Waals surface area (Å²) >= 11 is 7.37. The van der Waals surface area contributed by atoms with Crippen LogP contribution in [-0.4, -0.2) is 25.0 Å². The van der Waals surface area contributed by atoms with E-state index in [-0.39, 0.29) is 11.3 Å². The van der Waals surface area contributed by atoms with Crippen LogP contribution in [0.15, 0.2) is 47.8 Å². The molecule has 0 saturated carbocycles. The second-order valence-corrected chi connectivity index (χ2v) is 9.33. The number of phenols is 1. The van der Waals surface area contributed by atoms with Gasteiger partial charge >= 0.3 is 0 Å². The predicted molar refractivity (Wildman–Crippen MR) is 126 cm³/mol. The molecule has 0 fully saturated rings. The van der Waals surface area contributed by atoms with E-state index in [0.29, 0.717) is 12.2 Å². The summed E-state index contributed by atoms with van der Waals surface area (Å²) in [6.07, 6.45) is 0. The highest BCUT2D eigenvalue weighted by Gasteiger charge is 2.23. The fraction of sp³-hybridized carbons (Fsp3) is 0.208. The molecule has 32 heavy (non-hydrogen) atoms. The fourth-order valence-electron chi connectivity index (χ4n) is 3.59. The Balaban J connectivity index is 1.58. The van der Waals surface area contributed by atoms with Gasteiger partial charge in [-0.05, 0) is 44.0 Å². The lowest BCUT2D eigenvalue weighted by Crippen LogP contribution is -2.11. The fourth-order valence-corrected chi connectivity index (χ4v) is 4.68. The molecule has 2 aromatic heterocycles. The summed E-state index contributed by atoms with van der Waals surface area (Å²) in [5, 5.41) is 34.8. The van der Waals surface area contributed by atoms with Gasteiger partial charge in [0.1, 0.15) is 16.8 Å². The van der Waals surface area contributed by atoms with E-state index >= 15 is 0 Å². The standard InChI is InChI=1S/C24H21ClN4O2S/c1-14-22(18-8-9-19(11-26)20(30)10-18)15(2)29(28-14)12-16-4-6-17(7-5-16)23-27-21(13-32-23)24(3,25)31/h4-10,13,30-31H,12H2,1-3H3. The molecular weight excluding hydrogens is 444 g/mol. The monoisotopic (exact) mass is 464 g/mol. The number of alkyl halides is 1. The number of aryl methyl sites for hydroxylation is 1. The zero-order valence-electron chi connectivity index (χ0n) is 17.8. The van der Waals surface area contributed by atoms with Crippen molar-refractivity contribution in [2.24, 2.45) is 0 Å². The Morgan fingerprint density at radius 1 is 1.16 bits per heavy atom. The van der Waals surface area contributed by atoms with Crippen LogP contribution in [0.5, 0.6) is 5.75 Å². The first kappa shape index (κ1) is 22.0. The Hall–Kier alpha value is -3.18. The largest absolute Gasteiger partial charge is 0.507 e. The van der Waals surface area contributed by atoms with E-state index in [4.69, 9.17) is 16.9 Å². The molecule has 1 atom stereocenters. The maximum Gasteiger partial charge on any atom is 0.179 e. The van der Waals surface area contributed by atoms with Crippen LogP contribution < -0.4 is 0 Å². The Morgan fingerprint density at radius 2 is 1.84 bits per heavy atom. The van der Waals surface area contributed by atoms with Crippen molar-refractivity contribution in [3.8, 4) is 33.5 Å². The number of nitrogens with zero attached hydrogens (tertiary/aromatic N) is 4. The number of aromatic nitrogens is 3. The number of hydrogen-bond acceptors (Lipinski definition) is 6. The van der Waals surface area contributed by atoms with Crippen molar-refractivity contribution in [2.75, 3.05) is 0 Å². The van der Waals surface area contributed by atoms with Crippen LogP contribution in [0, 0.1) is 25.2 Å². The minimum absolute atomic E-state index is 0.0341. The van der Waals surface area contributed by atoms with Gasteiger partial charge in [-0.25, -0.2) is 4.98 Å². The lowest BCUT2D eigenvalue weighted by molar-refractivity contribution is 0.146. The molecule has 4 aromatic rings. The summed E-state index contributed by atoms with van der Waals surface area (Å²) in [5.41, 5.74) is 6.32. The zero-order chi connectivity index (χ0) is 23.0. The van der Waals surface area contributed by atoms with Crippen LogP contribution >= 0.6 is 22.9 Å². The summed E-state index contributed by atoms with van der Waals surface area (Å²) < 4.78 is 1.93. The number of phenolic OH excluding ortho intramolecular Hbond substituents is 1. The van der Waals surface area contributed by atoms with E-state index < -0.39 is 5.06 Å². The van der Waals surface area contributed by atoms with Crippen molar-refractivity contribution in [3.05, 3.63) is 76.1 Å². The third kappa shape index (κ3) is 4.26. The second-order valence-electron chi connectivity index (χ2n) is 7.74. The molecule has 2 heterocycles. The third-order valence-electron chi connectivity index (χ3n) is 5.29. The highest BCUT2D eigenvalue weighted by molar-refractivity contribution is 7.13. The average Bonchev–Trinajstić information content (AvgIpc) is 3.34. The summed E-state index contributed by atoms with van der Waals surface area (Å²) in [6.45, 7) is 6.02. The molecule has 1 unspecified atom stereocenters. The van der Waals surface area contributed by atoms with E-state index in [0.717, 1.165) is 38.6 Å². The molecule has 2 aromatic carbocycles. The first-order chi connectivity index (χ1) is 15.2. The molecule has 0 amide bonds.